The Bertz CT molecular complexity index is 470. The zero-order chi connectivity index (χ0) is 14.8. The van der Waals surface area contributed by atoms with Crippen molar-refractivity contribution in [2.75, 3.05) is 11.9 Å². The molecule has 0 aromatic carbocycles. The zero-order valence-corrected chi connectivity index (χ0v) is 12.4. The van der Waals surface area contributed by atoms with Crippen LogP contribution in [0, 0.1) is 0 Å². The number of rotatable bonds is 3. The average molecular weight is 280 g/mol. The Labute approximate surface area is 119 Å². The highest BCUT2D eigenvalue weighted by Crippen LogP contribution is 2.28. The molecule has 1 aromatic heterocycles. The van der Waals surface area contributed by atoms with Crippen molar-refractivity contribution in [3.05, 3.63) is 12.4 Å². The van der Waals surface area contributed by atoms with Crippen LogP contribution in [0.4, 0.5) is 10.5 Å². The van der Waals surface area contributed by atoms with E-state index < -0.39 is 5.60 Å². The third-order valence-electron chi connectivity index (χ3n) is 3.64. The van der Waals surface area contributed by atoms with E-state index in [1.165, 1.54) is 0 Å². The maximum Gasteiger partial charge on any atom is 0.319 e. The quantitative estimate of drug-likeness (QED) is 0.793. The topological polar surface area (TPSA) is 79.2 Å². The van der Waals surface area contributed by atoms with Gasteiger partial charge in [-0.25, -0.2) is 4.79 Å². The predicted octanol–water partition coefficient (Wildman–Crippen LogP) is 2.06. The number of carbonyl (C=O) groups excluding carboxylic acids is 1. The minimum atomic E-state index is -0.729. The summed E-state index contributed by atoms with van der Waals surface area (Å²) in [6, 6.07) is -0.307. The standard InChI is InChI=1S/C14H24N4O2/c1-13(2,3)18-9-11(8-16-18)17-12(19)15-10-14(20)6-4-5-7-14/h8-9,20H,4-7,10H2,1-3H3,(H2,15,17,19). The minimum absolute atomic E-state index is 0.116. The van der Waals surface area contributed by atoms with Crippen LogP contribution in [0.2, 0.25) is 0 Å². The molecule has 3 N–H and O–H groups in total. The summed E-state index contributed by atoms with van der Waals surface area (Å²) in [6.45, 7) is 6.42. The Morgan fingerprint density at radius 3 is 2.65 bits per heavy atom. The molecule has 0 spiro atoms. The van der Waals surface area contributed by atoms with Crippen molar-refractivity contribution in [3.8, 4) is 0 Å². The minimum Gasteiger partial charge on any atom is -0.388 e. The number of carbonyl (C=O) groups is 1. The summed E-state index contributed by atoms with van der Waals surface area (Å²) in [5.41, 5.74) is -0.196. The highest BCUT2D eigenvalue weighted by molar-refractivity contribution is 5.88. The summed E-state index contributed by atoms with van der Waals surface area (Å²) in [6.07, 6.45) is 6.99. The fourth-order valence-electron chi connectivity index (χ4n) is 2.38. The van der Waals surface area contributed by atoms with Gasteiger partial charge in [-0.05, 0) is 33.6 Å². The van der Waals surface area contributed by atoms with E-state index in [0.717, 1.165) is 25.7 Å². The van der Waals surface area contributed by atoms with E-state index in [9.17, 15) is 9.90 Å². The fraction of sp³-hybridized carbons (Fsp3) is 0.714. The first-order valence-electron chi connectivity index (χ1n) is 7.11. The third kappa shape index (κ3) is 3.72. The maximum atomic E-state index is 11.8. The van der Waals surface area contributed by atoms with Crippen LogP contribution in [0.15, 0.2) is 12.4 Å². The van der Waals surface area contributed by atoms with Crippen molar-refractivity contribution in [1.29, 1.82) is 0 Å². The van der Waals surface area contributed by atoms with E-state index in [2.05, 4.69) is 15.7 Å². The average Bonchev–Trinajstić information content (AvgIpc) is 2.96. The van der Waals surface area contributed by atoms with E-state index in [1.54, 1.807) is 17.1 Å². The second-order valence-corrected chi connectivity index (χ2v) is 6.58. The second kappa shape index (κ2) is 5.44. The van der Waals surface area contributed by atoms with Crippen LogP contribution in [-0.2, 0) is 5.54 Å². The van der Waals surface area contributed by atoms with Gasteiger partial charge in [0.1, 0.15) is 0 Å². The summed E-state index contributed by atoms with van der Waals surface area (Å²) in [5, 5.41) is 19.8. The Balaban J connectivity index is 1.84. The van der Waals surface area contributed by atoms with Crippen molar-refractivity contribution < 1.29 is 9.90 Å². The smallest absolute Gasteiger partial charge is 0.319 e. The van der Waals surface area contributed by atoms with Gasteiger partial charge in [0.25, 0.3) is 0 Å². The lowest BCUT2D eigenvalue weighted by molar-refractivity contribution is 0.0506. The Morgan fingerprint density at radius 1 is 1.45 bits per heavy atom. The molecule has 0 saturated heterocycles. The van der Waals surface area contributed by atoms with Crippen LogP contribution in [0.3, 0.4) is 0 Å². The van der Waals surface area contributed by atoms with Crippen molar-refractivity contribution >= 4 is 11.7 Å². The lowest BCUT2D eigenvalue weighted by atomic mass is 10.0. The largest absolute Gasteiger partial charge is 0.388 e. The molecule has 1 aliphatic carbocycles. The number of hydrogen-bond acceptors (Lipinski definition) is 3. The molecular formula is C14H24N4O2. The molecule has 112 valence electrons. The van der Waals surface area contributed by atoms with Gasteiger partial charge in [0, 0.05) is 12.7 Å². The van der Waals surface area contributed by atoms with E-state index in [1.807, 2.05) is 20.8 Å². The lowest BCUT2D eigenvalue weighted by Gasteiger charge is -2.22. The first-order valence-corrected chi connectivity index (χ1v) is 7.11. The summed E-state index contributed by atoms with van der Waals surface area (Å²) in [7, 11) is 0. The first-order chi connectivity index (χ1) is 9.28. The lowest BCUT2D eigenvalue weighted by Crippen LogP contribution is -2.42. The third-order valence-corrected chi connectivity index (χ3v) is 3.64. The van der Waals surface area contributed by atoms with Gasteiger partial charge in [-0.2, -0.15) is 5.10 Å². The van der Waals surface area contributed by atoms with Gasteiger partial charge in [-0.3, -0.25) is 4.68 Å². The highest BCUT2D eigenvalue weighted by atomic mass is 16.3. The molecule has 20 heavy (non-hydrogen) atoms. The summed E-state index contributed by atoms with van der Waals surface area (Å²) < 4.78 is 1.80. The van der Waals surface area contributed by atoms with E-state index in [0.29, 0.717) is 12.2 Å². The van der Waals surface area contributed by atoms with Gasteiger partial charge in [0.05, 0.1) is 23.0 Å². The Hall–Kier alpha value is -1.56. The number of aromatic nitrogens is 2. The number of nitrogens with zero attached hydrogens (tertiary/aromatic N) is 2. The van der Waals surface area contributed by atoms with Crippen molar-refractivity contribution in [3.63, 3.8) is 0 Å². The molecule has 0 aliphatic heterocycles. The monoisotopic (exact) mass is 280 g/mol. The maximum absolute atomic E-state index is 11.8. The summed E-state index contributed by atoms with van der Waals surface area (Å²) in [5.74, 6) is 0. The number of amides is 2. The molecule has 0 atom stereocenters. The molecule has 1 saturated carbocycles. The molecule has 0 radical (unpaired) electrons. The molecule has 1 fully saturated rings. The van der Waals surface area contributed by atoms with Crippen molar-refractivity contribution in [1.82, 2.24) is 15.1 Å². The van der Waals surface area contributed by atoms with Crippen LogP contribution < -0.4 is 10.6 Å². The molecule has 6 nitrogen and oxygen atoms in total. The summed E-state index contributed by atoms with van der Waals surface area (Å²) >= 11 is 0. The number of urea groups is 1. The van der Waals surface area contributed by atoms with Gasteiger partial charge in [0.15, 0.2) is 0 Å². The molecule has 1 aliphatic rings. The van der Waals surface area contributed by atoms with Gasteiger partial charge < -0.3 is 15.7 Å². The highest BCUT2D eigenvalue weighted by Gasteiger charge is 2.31. The number of aliphatic hydroxyl groups is 1. The van der Waals surface area contributed by atoms with Crippen LogP contribution >= 0.6 is 0 Å². The van der Waals surface area contributed by atoms with Crippen LogP contribution in [0.5, 0.6) is 0 Å². The molecule has 6 heteroatoms. The molecule has 0 bridgehead atoms. The van der Waals surface area contributed by atoms with E-state index >= 15 is 0 Å². The predicted molar refractivity (Wildman–Crippen MR) is 77.7 cm³/mol. The normalized spacial score (nSPS) is 18.0. The molecule has 2 amide bonds. The van der Waals surface area contributed by atoms with Crippen LogP contribution in [0.1, 0.15) is 46.5 Å². The van der Waals surface area contributed by atoms with Crippen molar-refractivity contribution in [2.24, 2.45) is 0 Å². The SMILES string of the molecule is CC(C)(C)n1cc(NC(=O)NCC2(O)CCCC2)cn1. The van der Waals surface area contributed by atoms with Crippen molar-refractivity contribution in [2.45, 2.75) is 57.6 Å². The Morgan fingerprint density at radius 2 is 2.10 bits per heavy atom. The fourth-order valence-corrected chi connectivity index (χ4v) is 2.38. The van der Waals surface area contributed by atoms with E-state index in [4.69, 9.17) is 0 Å². The second-order valence-electron chi connectivity index (χ2n) is 6.58. The number of hydrogen-bond donors (Lipinski definition) is 3. The van der Waals surface area contributed by atoms with Gasteiger partial charge >= 0.3 is 6.03 Å². The zero-order valence-electron chi connectivity index (χ0n) is 12.4. The first kappa shape index (κ1) is 14.8. The Kier molecular flexibility index (Phi) is 4.04. The number of nitrogens with one attached hydrogen (secondary N) is 2. The molecule has 1 heterocycles. The van der Waals surface area contributed by atoms with Crippen LogP contribution in [0.25, 0.3) is 0 Å². The molecule has 1 aromatic rings. The van der Waals surface area contributed by atoms with Gasteiger partial charge in [-0.15, -0.1) is 0 Å². The van der Waals surface area contributed by atoms with E-state index in [-0.39, 0.29) is 11.6 Å². The molecular weight excluding hydrogens is 256 g/mol. The van der Waals surface area contributed by atoms with Crippen LogP contribution in [-0.4, -0.2) is 33.1 Å². The number of anilines is 1. The summed E-state index contributed by atoms with van der Waals surface area (Å²) in [4.78, 5) is 11.8. The van der Waals surface area contributed by atoms with Gasteiger partial charge in [-0.1, -0.05) is 12.8 Å². The van der Waals surface area contributed by atoms with Gasteiger partial charge in [0.2, 0.25) is 0 Å². The molecule has 2 rings (SSSR count). The molecule has 0 unspecified atom stereocenters.